The minimum Gasteiger partial charge on any atom is -0.485 e. The molecule has 0 bridgehead atoms. The molecule has 0 saturated heterocycles. The first kappa shape index (κ1) is 25.9. The normalized spacial score (nSPS) is 12.5. The minimum atomic E-state index is -0.209. The Balaban J connectivity index is 1.32. The van der Waals surface area contributed by atoms with E-state index in [0.717, 1.165) is 16.8 Å². The van der Waals surface area contributed by atoms with Crippen molar-refractivity contribution in [1.82, 2.24) is 10.3 Å². The Morgan fingerprint density at radius 1 is 1.11 bits per heavy atom. The zero-order valence-electron chi connectivity index (χ0n) is 21.2. The molecule has 2 heterocycles. The van der Waals surface area contributed by atoms with Gasteiger partial charge in [-0.25, -0.2) is 0 Å². The summed E-state index contributed by atoms with van der Waals surface area (Å²) >= 11 is 0. The van der Waals surface area contributed by atoms with Crippen molar-refractivity contribution in [1.29, 1.82) is 0 Å². The Hall–Kier alpha value is -4.20. The SMILES string of the molecule is Cc1cccc(OCC(=O)c2ccc3c(c2)N(CCCC(=O)NCCc2ccccn2)C(=O)CO3)c1C. The van der Waals surface area contributed by atoms with Crippen LogP contribution in [0.25, 0.3) is 0 Å². The van der Waals surface area contributed by atoms with Gasteiger partial charge in [0.25, 0.3) is 5.91 Å². The van der Waals surface area contributed by atoms with E-state index in [2.05, 4.69) is 10.3 Å². The van der Waals surface area contributed by atoms with Crippen LogP contribution < -0.4 is 19.7 Å². The number of rotatable bonds is 11. The Kier molecular flexibility index (Phi) is 8.51. The summed E-state index contributed by atoms with van der Waals surface area (Å²) in [6.07, 6.45) is 3.15. The highest BCUT2D eigenvalue weighted by molar-refractivity contribution is 6.02. The van der Waals surface area contributed by atoms with Gasteiger partial charge in [0, 0.05) is 43.4 Å². The van der Waals surface area contributed by atoms with E-state index in [9.17, 15) is 14.4 Å². The third-order valence-corrected chi connectivity index (χ3v) is 6.35. The van der Waals surface area contributed by atoms with E-state index in [0.29, 0.717) is 48.7 Å². The van der Waals surface area contributed by atoms with Crippen molar-refractivity contribution in [2.45, 2.75) is 33.1 Å². The Bertz CT molecular complexity index is 1280. The quantitative estimate of drug-likeness (QED) is 0.401. The van der Waals surface area contributed by atoms with Gasteiger partial charge in [-0.15, -0.1) is 0 Å². The smallest absolute Gasteiger partial charge is 0.265 e. The van der Waals surface area contributed by atoms with Gasteiger partial charge in [0.1, 0.15) is 11.5 Å². The number of hydrogen-bond donors (Lipinski definition) is 1. The number of benzene rings is 2. The highest BCUT2D eigenvalue weighted by Gasteiger charge is 2.26. The van der Waals surface area contributed by atoms with Gasteiger partial charge in [-0.1, -0.05) is 18.2 Å². The second-order valence-corrected chi connectivity index (χ2v) is 8.95. The van der Waals surface area contributed by atoms with Crippen molar-refractivity contribution in [2.75, 3.05) is 31.2 Å². The lowest BCUT2D eigenvalue weighted by molar-refractivity contribution is -0.122. The Morgan fingerprint density at radius 2 is 1.97 bits per heavy atom. The number of aryl methyl sites for hydroxylation is 1. The first-order valence-corrected chi connectivity index (χ1v) is 12.4. The number of pyridine rings is 1. The Morgan fingerprint density at radius 3 is 2.78 bits per heavy atom. The maximum Gasteiger partial charge on any atom is 0.265 e. The maximum atomic E-state index is 12.9. The molecule has 37 heavy (non-hydrogen) atoms. The zero-order valence-corrected chi connectivity index (χ0v) is 21.2. The van der Waals surface area contributed by atoms with Gasteiger partial charge in [0.05, 0.1) is 5.69 Å². The number of Topliss-reactive ketones (excluding diaryl/α,β-unsaturated/α-hetero) is 1. The number of carbonyl (C=O) groups excluding carboxylic acids is 3. The zero-order chi connectivity index (χ0) is 26.2. The number of amides is 2. The lowest BCUT2D eigenvalue weighted by Crippen LogP contribution is -2.40. The molecule has 1 N–H and O–H groups in total. The van der Waals surface area contributed by atoms with E-state index in [-0.39, 0.29) is 37.2 Å². The number of hydrogen-bond acceptors (Lipinski definition) is 6. The largest absolute Gasteiger partial charge is 0.485 e. The summed E-state index contributed by atoms with van der Waals surface area (Å²) in [4.78, 5) is 43.6. The summed E-state index contributed by atoms with van der Waals surface area (Å²) in [7, 11) is 0. The van der Waals surface area contributed by atoms with Gasteiger partial charge in [0.2, 0.25) is 5.91 Å². The van der Waals surface area contributed by atoms with Crippen molar-refractivity contribution in [3.8, 4) is 11.5 Å². The molecule has 1 aromatic heterocycles. The molecule has 1 aliphatic rings. The van der Waals surface area contributed by atoms with Crippen molar-refractivity contribution < 1.29 is 23.9 Å². The van der Waals surface area contributed by atoms with Gasteiger partial charge < -0.3 is 19.7 Å². The molecule has 0 atom stereocenters. The van der Waals surface area contributed by atoms with E-state index in [1.807, 2.05) is 50.2 Å². The molecule has 4 rings (SSSR count). The number of nitrogens with zero attached hydrogens (tertiary/aromatic N) is 2. The lowest BCUT2D eigenvalue weighted by atomic mass is 10.1. The van der Waals surface area contributed by atoms with Crippen molar-refractivity contribution >= 4 is 23.3 Å². The number of anilines is 1. The number of ether oxygens (including phenoxy) is 2. The van der Waals surface area contributed by atoms with Crippen LogP contribution >= 0.6 is 0 Å². The molecule has 0 saturated carbocycles. The maximum absolute atomic E-state index is 12.9. The third-order valence-electron chi connectivity index (χ3n) is 6.35. The molecule has 192 valence electrons. The summed E-state index contributed by atoms with van der Waals surface area (Å²) in [5, 5.41) is 2.89. The first-order valence-electron chi connectivity index (χ1n) is 12.4. The minimum absolute atomic E-state index is 0.0771. The van der Waals surface area contributed by atoms with E-state index in [1.165, 1.54) is 0 Å². The number of carbonyl (C=O) groups is 3. The second-order valence-electron chi connectivity index (χ2n) is 8.95. The van der Waals surface area contributed by atoms with E-state index < -0.39 is 0 Å². The number of ketones is 1. The monoisotopic (exact) mass is 501 g/mol. The van der Waals surface area contributed by atoms with Crippen molar-refractivity contribution in [3.05, 3.63) is 83.2 Å². The van der Waals surface area contributed by atoms with Gasteiger partial charge in [-0.05, 0) is 67.8 Å². The molecule has 3 aromatic rings. The number of aromatic nitrogens is 1. The van der Waals surface area contributed by atoms with E-state index in [1.54, 1.807) is 29.3 Å². The molecule has 2 aromatic carbocycles. The molecule has 0 fully saturated rings. The van der Waals surface area contributed by atoms with Gasteiger partial charge >= 0.3 is 0 Å². The van der Waals surface area contributed by atoms with E-state index >= 15 is 0 Å². The average Bonchev–Trinajstić information content (AvgIpc) is 2.91. The first-order chi connectivity index (χ1) is 17.9. The van der Waals surface area contributed by atoms with Crippen LogP contribution in [0.5, 0.6) is 11.5 Å². The van der Waals surface area contributed by atoms with Crippen LogP contribution in [0.15, 0.2) is 60.8 Å². The molecule has 0 unspecified atom stereocenters. The summed E-state index contributed by atoms with van der Waals surface area (Å²) in [6.45, 7) is 4.60. The number of nitrogens with one attached hydrogen (secondary N) is 1. The van der Waals surface area contributed by atoms with Crippen molar-refractivity contribution in [2.24, 2.45) is 0 Å². The van der Waals surface area contributed by atoms with Gasteiger partial charge in [0.15, 0.2) is 19.0 Å². The van der Waals surface area contributed by atoms with E-state index in [4.69, 9.17) is 9.47 Å². The fraction of sp³-hybridized carbons (Fsp3) is 0.310. The molecule has 8 nitrogen and oxygen atoms in total. The molecule has 0 aliphatic carbocycles. The molecule has 0 radical (unpaired) electrons. The highest BCUT2D eigenvalue weighted by atomic mass is 16.5. The summed E-state index contributed by atoms with van der Waals surface area (Å²) in [5.74, 6) is 0.716. The lowest BCUT2D eigenvalue weighted by Gasteiger charge is -2.29. The van der Waals surface area contributed by atoms with Crippen LogP contribution in [0.4, 0.5) is 5.69 Å². The van der Waals surface area contributed by atoms with Crippen LogP contribution in [-0.4, -0.2) is 48.9 Å². The van der Waals surface area contributed by atoms with Crippen LogP contribution in [-0.2, 0) is 16.0 Å². The van der Waals surface area contributed by atoms with Gasteiger partial charge in [-0.3, -0.25) is 19.4 Å². The predicted molar refractivity (Wildman–Crippen MR) is 140 cm³/mol. The molecule has 8 heteroatoms. The van der Waals surface area contributed by atoms with Crippen LogP contribution in [0.2, 0.25) is 0 Å². The standard InChI is InChI=1S/C29H31N3O5/c1-20-7-5-9-26(21(20)2)36-18-25(33)22-11-12-27-24(17-22)32(29(35)19-37-27)16-6-10-28(34)31-15-13-23-8-3-4-14-30-23/h3-5,7-9,11-12,14,17H,6,10,13,15-16,18-19H2,1-2H3,(H,31,34). The highest BCUT2D eigenvalue weighted by Crippen LogP contribution is 2.33. The van der Waals surface area contributed by atoms with Crippen LogP contribution in [0, 0.1) is 13.8 Å². The molecule has 2 amide bonds. The molecular formula is C29H31N3O5. The number of fused-ring (bicyclic) bond motifs is 1. The van der Waals surface area contributed by atoms with Gasteiger partial charge in [-0.2, -0.15) is 0 Å². The third kappa shape index (κ3) is 6.73. The second kappa shape index (κ2) is 12.2. The fourth-order valence-corrected chi connectivity index (χ4v) is 4.09. The summed E-state index contributed by atoms with van der Waals surface area (Å²) in [6, 6.07) is 16.4. The molecular weight excluding hydrogens is 470 g/mol. The predicted octanol–water partition coefficient (Wildman–Crippen LogP) is 3.82. The average molecular weight is 502 g/mol. The van der Waals surface area contributed by atoms with Crippen LogP contribution in [0.1, 0.15) is 40.0 Å². The summed E-state index contributed by atoms with van der Waals surface area (Å²) in [5.41, 5.74) is 3.96. The topological polar surface area (TPSA) is 97.8 Å². The molecule has 1 aliphatic heterocycles. The van der Waals surface area contributed by atoms with Crippen LogP contribution in [0.3, 0.4) is 0 Å². The summed E-state index contributed by atoms with van der Waals surface area (Å²) < 4.78 is 11.3. The molecule has 0 spiro atoms. The Labute approximate surface area is 216 Å². The van der Waals surface area contributed by atoms with Crippen molar-refractivity contribution in [3.63, 3.8) is 0 Å². The fourth-order valence-electron chi connectivity index (χ4n) is 4.09.